The number of nitrogens with one attached hydrogen (secondary N) is 1. The Bertz CT molecular complexity index is 1310. The second-order valence-corrected chi connectivity index (χ2v) is 15.7. The molecular formula is C29H31NO2SSi. The van der Waals surface area contributed by atoms with Crippen molar-refractivity contribution >= 4 is 23.3 Å². The number of sulfonamides is 1. The fraction of sp³-hybridized carbons (Fsp3) is 0.172. The fourth-order valence-electron chi connectivity index (χ4n) is 4.67. The van der Waals surface area contributed by atoms with E-state index >= 15 is 0 Å². The quantitative estimate of drug-likeness (QED) is 0.313. The van der Waals surface area contributed by atoms with Crippen LogP contribution in [0.4, 0.5) is 0 Å². The number of aryl methyl sites for hydroxylation is 1. The van der Waals surface area contributed by atoms with E-state index in [1.807, 2.05) is 73.7 Å². The smallest absolute Gasteiger partial charge is 0.207 e. The van der Waals surface area contributed by atoms with Gasteiger partial charge in [0.05, 0.1) is 19.0 Å². The van der Waals surface area contributed by atoms with Gasteiger partial charge in [-0.1, -0.05) is 127 Å². The molecule has 4 aromatic carbocycles. The zero-order valence-corrected chi connectivity index (χ0v) is 21.7. The molecule has 4 aromatic rings. The molecule has 174 valence electrons. The number of rotatable bonds is 8. The summed E-state index contributed by atoms with van der Waals surface area (Å²) in [6.07, 6.45) is 0. The summed E-state index contributed by atoms with van der Waals surface area (Å²) in [6.45, 7) is 6.61. The highest BCUT2D eigenvalue weighted by Crippen LogP contribution is 2.39. The molecule has 0 saturated carbocycles. The summed E-state index contributed by atoms with van der Waals surface area (Å²) < 4.78 is 30.4. The second kappa shape index (κ2) is 10.1. The molecule has 0 aliphatic rings. The van der Waals surface area contributed by atoms with Crippen LogP contribution >= 0.6 is 0 Å². The molecule has 1 N–H and O–H groups in total. The molecule has 2 atom stereocenters. The molecule has 5 heteroatoms. The van der Waals surface area contributed by atoms with Crippen LogP contribution in [0.1, 0.15) is 28.3 Å². The minimum Gasteiger partial charge on any atom is -0.207 e. The molecule has 3 nitrogen and oxygen atoms in total. The Kier molecular flexibility index (Phi) is 7.17. The van der Waals surface area contributed by atoms with Gasteiger partial charge in [0, 0.05) is 5.54 Å². The van der Waals surface area contributed by atoms with Crippen molar-refractivity contribution < 1.29 is 8.42 Å². The maximum absolute atomic E-state index is 13.6. The molecule has 4 rings (SSSR count). The molecule has 0 heterocycles. The molecule has 0 spiro atoms. The van der Waals surface area contributed by atoms with E-state index < -0.39 is 24.1 Å². The molecule has 0 fully saturated rings. The van der Waals surface area contributed by atoms with Crippen molar-refractivity contribution in [2.75, 3.05) is 0 Å². The van der Waals surface area contributed by atoms with Crippen molar-refractivity contribution in [3.8, 4) is 0 Å². The normalized spacial score (nSPS) is 13.9. The zero-order valence-electron chi connectivity index (χ0n) is 19.8. The molecule has 34 heavy (non-hydrogen) atoms. The van der Waals surface area contributed by atoms with Crippen LogP contribution < -0.4 is 9.91 Å². The highest BCUT2D eigenvalue weighted by Gasteiger charge is 2.42. The van der Waals surface area contributed by atoms with Gasteiger partial charge in [-0.15, -0.1) is 0 Å². The van der Waals surface area contributed by atoms with Crippen LogP contribution in [0.5, 0.6) is 0 Å². The third-order valence-electron chi connectivity index (χ3n) is 6.56. The molecular weight excluding hydrogens is 454 g/mol. The van der Waals surface area contributed by atoms with Crippen molar-refractivity contribution in [1.29, 1.82) is 0 Å². The first-order chi connectivity index (χ1) is 16.3. The van der Waals surface area contributed by atoms with Crippen LogP contribution in [0.25, 0.3) is 0 Å². The number of hydrogen-bond acceptors (Lipinski definition) is 2. The summed E-state index contributed by atoms with van der Waals surface area (Å²) in [5.41, 5.74) is 3.10. The van der Waals surface area contributed by atoms with Gasteiger partial charge in [-0.3, -0.25) is 0 Å². The SMILES string of the molecule is Cc1ccc(S(=O)(=O)N[C@H](c2ccccc2)[C@H](c2ccccc2)[Si](C)(C)c2ccccc2)cc1. The van der Waals surface area contributed by atoms with E-state index in [1.54, 1.807) is 12.1 Å². The molecule has 0 aromatic heterocycles. The Balaban J connectivity index is 1.88. The Morgan fingerprint density at radius 1 is 0.647 bits per heavy atom. The number of benzene rings is 4. The monoisotopic (exact) mass is 485 g/mol. The van der Waals surface area contributed by atoms with Crippen molar-refractivity contribution in [2.24, 2.45) is 0 Å². The van der Waals surface area contributed by atoms with E-state index in [0.29, 0.717) is 0 Å². The zero-order chi connectivity index (χ0) is 24.2. The van der Waals surface area contributed by atoms with Gasteiger partial charge in [-0.25, -0.2) is 13.1 Å². The lowest BCUT2D eigenvalue weighted by molar-refractivity contribution is 0.545. The summed E-state index contributed by atoms with van der Waals surface area (Å²) >= 11 is 0. The van der Waals surface area contributed by atoms with Gasteiger partial charge in [0.25, 0.3) is 0 Å². The largest absolute Gasteiger partial charge is 0.241 e. The Morgan fingerprint density at radius 3 is 1.65 bits per heavy atom. The molecule has 0 unspecified atom stereocenters. The minimum atomic E-state index is -3.75. The summed E-state index contributed by atoms with van der Waals surface area (Å²) in [6, 6.07) is 37.4. The van der Waals surface area contributed by atoms with Crippen LogP contribution in [0.15, 0.2) is 120 Å². The van der Waals surface area contributed by atoms with Crippen molar-refractivity contribution in [3.05, 3.63) is 132 Å². The van der Waals surface area contributed by atoms with Gasteiger partial charge in [0.1, 0.15) is 0 Å². The van der Waals surface area contributed by atoms with Gasteiger partial charge in [0.15, 0.2) is 0 Å². The molecule has 0 radical (unpaired) electrons. The lowest BCUT2D eigenvalue weighted by Crippen LogP contribution is -2.52. The van der Waals surface area contributed by atoms with Crippen LogP contribution in [-0.2, 0) is 10.0 Å². The Morgan fingerprint density at radius 2 is 1.12 bits per heavy atom. The highest BCUT2D eigenvalue weighted by molar-refractivity contribution is 7.89. The summed E-state index contributed by atoms with van der Waals surface area (Å²) in [4.78, 5) is 0.282. The first-order valence-electron chi connectivity index (χ1n) is 11.5. The third-order valence-corrected chi connectivity index (χ3v) is 12.1. The average Bonchev–Trinajstić information content (AvgIpc) is 2.85. The lowest BCUT2D eigenvalue weighted by Gasteiger charge is -2.39. The predicted molar refractivity (Wildman–Crippen MR) is 143 cm³/mol. The van der Waals surface area contributed by atoms with E-state index in [4.69, 9.17) is 0 Å². The second-order valence-electron chi connectivity index (χ2n) is 9.30. The molecule has 0 saturated heterocycles. The van der Waals surface area contributed by atoms with E-state index in [-0.39, 0.29) is 10.4 Å². The topological polar surface area (TPSA) is 46.2 Å². The lowest BCUT2D eigenvalue weighted by atomic mass is 9.99. The van der Waals surface area contributed by atoms with Gasteiger partial charge in [-0.05, 0) is 30.2 Å². The highest BCUT2D eigenvalue weighted by atomic mass is 32.2. The van der Waals surface area contributed by atoms with E-state index in [1.165, 1.54) is 5.19 Å². The summed E-state index contributed by atoms with van der Waals surface area (Å²) in [7, 11) is -5.98. The van der Waals surface area contributed by atoms with Crippen LogP contribution in [0, 0.1) is 6.92 Å². The molecule has 0 amide bonds. The average molecular weight is 486 g/mol. The van der Waals surface area contributed by atoms with E-state index in [2.05, 4.69) is 54.2 Å². The van der Waals surface area contributed by atoms with Gasteiger partial charge >= 0.3 is 0 Å². The molecule has 0 aliphatic heterocycles. The van der Waals surface area contributed by atoms with Gasteiger partial charge < -0.3 is 0 Å². The van der Waals surface area contributed by atoms with E-state index in [0.717, 1.165) is 16.7 Å². The van der Waals surface area contributed by atoms with Crippen molar-refractivity contribution in [2.45, 2.75) is 36.5 Å². The van der Waals surface area contributed by atoms with E-state index in [9.17, 15) is 8.42 Å². The van der Waals surface area contributed by atoms with Crippen molar-refractivity contribution in [1.82, 2.24) is 4.72 Å². The molecule has 0 aliphatic carbocycles. The predicted octanol–water partition coefficient (Wildman–Crippen LogP) is 5.95. The molecule has 0 bridgehead atoms. The van der Waals surface area contributed by atoms with Gasteiger partial charge in [-0.2, -0.15) is 0 Å². The number of hydrogen-bond donors (Lipinski definition) is 1. The first-order valence-corrected chi connectivity index (χ1v) is 16.1. The maximum Gasteiger partial charge on any atom is 0.241 e. The first kappa shape index (κ1) is 24.1. The Labute approximate surface area is 204 Å². The van der Waals surface area contributed by atoms with Gasteiger partial charge in [0.2, 0.25) is 10.0 Å². The summed E-state index contributed by atoms with van der Waals surface area (Å²) in [5.74, 6) is 0. The van der Waals surface area contributed by atoms with Crippen LogP contribution in [-0.4, -0.2) is 16.5 Å². The standard InChI is InChI=1S/C29H31NO2SSi/c1-23-19-21-26(22-20-23)33(31,32)30-28(24-13-7-4-8-14-24)29(25-15-9-5-10-16-25)34(2,3)27-17-11-6-12-18-27/h4-22,28-30H,1-3H3/t28-,29+/m1/s1. The van der Waals surface area contributed by atoms with Crippen molar-refractivity contribution in [3.63, 3.8) is 0 Å². The van der Waals surface area contributed by atoms with Crippen LogP contribution in [0.3, 0.4) is 0 Å². The fourth-order valence-corrected chi connectivity index (χ4v) is 9.58. The van der Waals surface area contributed by atoms with Crippen LogP contribution in [0.2, 0.25) is 13.1 Å². The maximum atomic E-state index is 13.6. The third kappa shape index (κ3) is 5.22. The Hall–Kier alpha value is -2.99. The summed E-state index contributed by atoms with van der Waals surface area (Å²) in [5, 5.41) is 1.29. The minimum absolute atomic E-state index is 0.0290.